The molecule has 0 amide bonds. The summed E-state index contributed by atoms with van der Waals surface area (Å²) in [6.45, 7) is 6.35. The molecule has 22 heavy (non-hydrogen) atoms. The zero-order valence-corrected chi connectivity index (χ0v) is 13.7. The molecule has 0 radical (unpaired) electrons. The molecule has 1 saturated heterocycles. The molecule has 0 unspecified atom stereocenters. The highest BCUT2D eigenvalue weighted by Gasteiger charge is 2.44. The van der Waals surface area contributed by atoms with Crippen LogP contribution in [0.2, 0.25) is 0 Å². The number of nitriles is 1. The quantitative estimate of drug-likeness (QED) is 0.845. The number of rotatable bonds is 4. The Morgan fingerprint density at radius 2 is 1.82 bits per heavy atom. The third kappa shape index (κ3) is 3.44. The second-order valence-electron chi connectivity index (χ2n) is 7.31. The van der Waals surface area contributed by atoms with E-state index >= 15 is 0 Å². The van der Waals surface area contributed by atoms with Gasteiger partial charge in [-0.2, -0.15) is 5.26 Å². The van der Waals surface area contributed by atoms with Crippen molar-refractivity contribution in [3.8, 4) is 11.8 Å². The van der Waals surface area contributed by atoms with Gasteiger partial charge in [0.25, 0.3) is 0 Å². The largest absolute Gasteiger partial charge is 0.485 e. The van der Waals surface area contributed by atoms with Crippen LogP contribution >= 0.6 is 0 Å². The highest BCUT2D eigenvalue weighted by molar-refractivity contribution is 5.27. The fourth-order valence-electron chi connectivity index (χ4n) is 3.87. The lowest BCUT2D eigenvalue weighted by molar-refractivity contribution is -0.0914. The summed E-state index contributed by atoms with van der Waals surface area (Å²) < 4.78 is 6.19. The van der Waals surface area contributed by atoms with E-state index in [-0.39, 0.29) is 5.60 Å². The average molecular weight is 298 g/mol. The standard InChI is InChI=1S/C19H26N2O/c1-15-3-9-18(10-4-15)22-19(2)13-21(14-19)17-7-5-16(6-8-17)11-12-20/h3-4,9-10,16-17H,5-8,11,13-14H2,1-2H3/t16-,17+. The highest BCUT2D eigenvalue weighted by Crippen LogP contribution is 2.35. The van der Waals surface area contributed by atoms with E-state index in [0.717, 1.165) is 25.3 Å². The van der Waals surface area contributed by atoms with E-state index in [1.165, 1.54) is 31.2 Å². The average Bonchev–Trinajstić information content (AvgIpc) is 2.48. The molecule has 1 saturated carbocycles. The minimum Gasteiger partial charge on any atom is -0.485 e. The van der Waals surface area contributed by atoms with Crippen molar-refractivity contribution in [1.82, 2.24) is 4.90 Å². The van der Waals surface area contributed by atoms with E-state index in [1.54, 1.807) is 0 Å². The first-order valence-electron chi connectivity index (χ1n) is 8.45. The number of hydrogen-bond acceptors (Lipinski definition) is 3. The number of nitrogens with zero attached hydrogens (tertiary/aromatic N) is 2. The molecular formula is C19H26N2O. The lowest BCUT2D eigenvalue weighted by Gasteiger charge is -2.52. The number of aryl methyl sites for hydroxylation is 1. The summed E-state index contributed by atoms with van der Waals surface area (Å²) in [5.41, 5.74) is 1.22. The zero-order valence-electron chi connectivity index (χ0n) is 13.7. The molecule has 0 aromatic heterocycles. The van der Waals surface area contributed by atoms with Gasteiger partial charge in [0.2, 0.25) is 0 Å². The van der Waals surface area contributed by atoms with Crippen LogP contribution < -0.4 is 4.74 Å². The molecule has 0 bridgehead atoms. The molecule has 2 aliphatic rings. The fourth-order valence-corrected chi connectivity index (χ4v) is 3.87. The minimum absolute atomic E-state index is 0.0429. The van der Waals surface area contributed by atoms with Crippen LogP contribution in [0.3, 0.4) is 0 Å². The lowest BCUT2D eigenvalue weighted by atomic mass is 9.81. The maximum absolute atomic E-state index is 8.80. The van der Waals surface area contributed by atoms with Crippen LogP contribution in [0.4, 0.5) is 0 Å². The van der Waals surface area contributed by atoms with E-state index in [4.69, 9.17) is 10.00 Å². The molecule has 3 heteroatoms. The zero-order chi connectivity index (χ0) is 15.6. The molecule has 1 aromatic rings. The van der Waals surface area contributed by atoms with Gasteiger partial charge in [-0.3, -0.25) is 4.90 Å². The van der Waals surface area contributed by atoms with Crippen LogP contribution in [0.1, 0.15) is 44.6 Å². The summed E-state index contributed by atoms with van der Waals surface area (Å²) in [7, 11) is 0. The summed E-state index contributed by atoms with van der Waals surface area (Å²) in [6.07, 6.45) is 5.65. The molecule has 1 aliphatic heterocycles. The Bertz CT molecular complexity index is 532. The van der Waals surface area contributed by atoms with Gasteiger partial charge >= 0.3 is 0 Å². The Morgan fingerprint density at radius 3 is 2.41 bits per heavy atom. The van der Waals surface area contributed by atoms with E-state index < -0.39 is 0 Å². The Morgan fingerprint density at radius 1 is 1.18 bits per heavy atom. The molecule has 2 fully saturated rings. The van der Waals surface area contributed by atoms with Gasteiger partial charge in [0.1, 0.15) is 11.4 Å². The predicted molar refractivity (Wildman–Crippen MR) is 87.8 cm³/mol. The molecule has 118 valence electrons. The molecular weight excluding hydrogens is 272 g/mol. The minimum atomic E-state index is -0.0429. The van der Waals surface area contributed by atoms with Crippen molar-refractivity contribution in [2.75, 3.05) is 13.1 Å². The van der Waals surface area contributed by atoms with Gasteiger partial charge in [0.15, 0.2) is 0 Å². The van der Waals surface area contributed by atoms with Crippen molar-refractivity contribution in [3.63, 3.8) is 0 Å². The third-order valence-electron chi connectivity index (χ3n) is 5.17. The number of likely N-dealkylation sites (tertiary alicyclic amines) is 1. The summed E-state index contributed by atoms with van der Waals surface area (Å²) in [5, 5.41) is 8.80. The van der Waals surface area contributed by atoms with Crippen molar-refractivity contribution in [3.05, 3.63) is 29.8 Å². The molecule has 1 aromatic carbocycles. The lowest BCUT2D eigenvalue weighted by Crippen LogP contribution is -2.66. The number of benzene rings is 1. The maximum Gasteiger partial charge on any atom is 0.131 e. The second kappa shape index (κ2) is 6.30. The topological polar surface area (TPSA) is 36.3 Å². The summed E-state index contributed by atoms with van der Waals surface area (Å²) in [6, 6.07) is 11.4. The Labute approximate surface area is 133 Å². The molecule has 0 spiro atoms. The first-order chi connectivity index (χ1) is 10.6. The predicted octanol–water partition coefficient (Wildman–Crippen LogP) is 3.92. The Kier molecular flexibility index (Phi) is 4.40. The van der Waals surface area contributed by atoms with E-state index in [2.05, 4.69) is 49.1 Å². The Balaban J connectivity index is 1.47. The highest BCUT2D eigenvalue weighted by atomic mass is 16.5. The van der Waals surface area contributed by atoms with Gasteiger partial charge in [0, 0.05) is 25.6 Å². The van der Waals surface area contributed by atoms with Gasteiger partial charge in [-0.1, -0.05) is 17.7 Å². The van der Waals surface area contributed by atoms with Gasteiger partial charge in [-0.25, -0.2) is 0 Å². The van der Waals surface area contributed by atoms with Crippen molar-refractivity contribution in [2.24, 2.45) is 5.92 Å². The number of ether oxygens (including phenoxy) is 1. The molecule has 3 nitrogen and oxygen atoms in total. The van der Waals surface area contributed by atoms with Crippen LogP contribution in [0.5, 0.6) is 5.75 Å². The van der Waals surface area contributed by atoms with Crippen molar-refractivity contribution >= 4 is 0 Å². The van der Waals surface area contributed by atoms with Gasteiger partial charge < -0.3 is 4.74 Å². The van der Waals surface area contributed by atoms with E-state index in [0.29, 0.717) is 12.0 Å². The Hall–Kier alpha value is -1.53. The molecule has 0 N–H and O–H groups in total. The van der Waals surface area contributed by atoms with Crippen molar-refractivity contribution in [2.45, 2.75) is 57.6 Å². The smallest absolute Gasteiger partial charge is 0.131 e. The summed E-state index contributed by atoms with van der Waals surface area (Å²) in [5.74, 6) is 1.61. The van der Waals surface area contributed by atoms with Gasteiger partial charge in [-0.15, -0.1) is 0 Å². The molecule has 3 rings (SSSR count). The molecule has 0 atom stereocenters. The normalized spacial score (nSPS) is 27.7. The maximum atomic E-state index is 8.80. The SMILES string of the molecule is Cc1ccc(OC2(C)CN([C@H]3CC[C@@H](CC#N)CC3)C2)cc1. The van der Waals surface area contributed by atoms with Crippen LogP contribution in [-0.2, 0) is 0 Å². The summed E-state index contributed by atoms with van der Waals surface area (Å²) >= 11 is 0. The van der Waals surface area contributed by atoms with Gasteiger partial charge in [-0.05, 0) is 57.6 Å². The van der Waals surface area contributed by atoms with E-state index in [9.17, 15) is 0 Å². The third-order valence-corrected chi connectivity index (χ3v) is 5.17. The molecule has 1 aliphatic carbocycles. The second-order valence-corrected chi connectivity index (χ2v) is 7.31. The number of hydrogen-bond donors (Lipinski definition) is 0. The van der Waals surface area contributed by atoms with Crippen LogP contribution in [0.15, 0.2) is 24.3 Å². The van der Waals surface area contributed by atoms with Crippen LogP contribution in [-0.4, -0.2) is 29.6 Å². The first kappa shape index (κ1) is 15.4. The monoisotopic (exact) mass is 298 g/mol. The van der Waals surface area contributed by atoms with Gasteiger partial charge in [0.05, 0.1) is 6.07 Å². The van der Waals surface area contributed by atoms with Crippen LogP contribution in [0.25, 0.3) is 0 Å². The van der Waals surface area contributed by atoms with Crippen molar-refractivity contribution in [1.29, 1.82) is 5.26 Å². The fraction of sp³-hybridized carbons (Fsp3) is 0.632. The first-order valence-corrected chi connectivity index (χ1v) is 8.45. The van der Waals surface area contributed by atoms with Crippen LogP contribution in [0, 0.1) is 24.2 Å². The van der Waals surface area contributed by atoms with E-state index in [1.807, 2.05) is 0 Å². The molecule has 1 heterocycles. The summed E-state index contributed by atoms with van der Waals surface area (Å²) in [4.78, 5) is 2.57. The van der Waals surface area contributed by atoms with Crippen molar-refractivity contribution < 1.29 is 4.74 Å².